The number of nitrogens with two attached hydrogens (primary N) is 1. The van der Waals surface area contributed by atoms with Crippen LogP contribution in [0.25, 0.3) is 0 Å². The van der Waals surface area contributed by atoms with Crippen molar-refractivity contribution < 1.29 is 27.2 Å². The average molecular weight is 313 g/mol. The molecule has 1 atom stereocenters. The van der Waals surface area contributed by atoms with Crippen molar-refractivity contribution in [1.29, 1.82) is 0 Å². The lowest BCUT2D eigenvalue weighted by molar-refractivity contribution is -0.184. The molecule has 3 N–H and O–H groups in total. The molecule has 0 saturated carbocycles. The highest BCUT2D eigenvalue weighted by molar-refractivity contribution is 5.84. The molecule has 0 radical (unpaired) electrons. The van der Waals surface area contributed by atoms with E-state index in [1.165, 1.54) is 0 Å². The molecule has 1 rings (SSSR count). The molecule has 0 aromatic rings. The van der Waals surface area contributed by atoms with Crippen LogP contribution in [0, 0.1) is 0 Å². The first-order valence-electron chi connectivity index (χ1n) is 6.74. The fourth-order valence-electron chi connectivity index (χ4n) is 2.22. The van der Waals surface area contributed by atoms with Crippen molar-refractivity contribution in [3.63, 3.8) is 0 Å². The Morgan fingerprint density at radius 1 is 1.33 bits per heavy atom. The molecule has 5 nitrogen and oxygen atoms in total. The predicted molar refractivity (Wildman–Crippen MR) is 67.0 cm³/mol. The zero-order valence-electron chi connectivity index (χ0n) is 11.5. The first kappa shape index (κ1) is 17.7. The molecule has 122 valence electrons. The zero-order chi connectivity index (χ0) is 16.0. The van der Waals surface area contributed by atoms with Crippen LogP contribution in [0.15, 0.2) is 0 Å². The van der Waals surface area contributed by atoms with Crippen molar-refractivity contribution in [2.24, 2.45) is 5.73 Å². The Morgan fingerprint density at radius 2 is 2.00 bits per heavy atom. The molecule has 21 heavy (non-hydrogen) atoms. The zero-order valence-corrected chi connectivity index (χ0v) is 11.5. The number of hydrogen-bond donors (Lipinski definition) is 2. The average Bonchev–Trinajstić information content (AvgIpc) is 2.44. The summed E-state index contributed by atoms with van der Waals surface area (Å²) < 4.78 is 50.9. The van der Waals surface area contributed by atoms with Crippen molar-refractivity contribution in [1.82, 2.24) is 10.2 Å². The van der Waals surface area contributed by atoms with Gasteiger partial charge in [0.25, 0.3) is 5.91 Å². The molecule has 1 saturated heterocycles. The normalized spacial score (nSPS) is 19.7. The van der Waals surface area contributed by atoms with Gasteiger partial charge in [-0.05, 0) is 19.3 Å². The Bertz CT molecular complexity index is 380. The Labute approximate surface area is 119 Å². The standard InChI is InChI=1S/C12H19F4N3O2/c13-10(14)12(15,16)11(21)19-6-2-1-3-8(19)7-18-9(20)4-5-17/h8,10H,1-7,17H2,(H,18,20). The molecule has 1 heterocycles. The fraction of sp³-hybridized carbons (Fsp3) is 0.833. The molecule has 0 bridgehead atoms. The first-order valence-corrected chi connectivity index (χ1v) is 6.74. The smallest absolute Gasteiger partial charge is 0.354 e. The van der Waals surface area contributed by atoms with E-state index >= 15 is 0 Å². The monoisotopic (exact) mass is 313 g/mol. The second-order valence-electron chi connectivity index (χ2n) is 4.91. The van der Waals surface area contributed by atoms with Crippen LogP contribution in [0.5, 0.6) is 0 Å². The highest BCUT2D eigenvalue weighted by Gasteiger charge is 2.52. The minimum atomic E-state index is -4.70. The summed E-state index contributed by atoms with van der Waals surface area (Å²) in [6.07, 6.45) is -2.43. The number of rotatable bonds is 6. The second kappa shape index (κ2) is 7.58. The van der Waals surface area contributed by atoms with E-state index in [1.807, 2.05) is 0 Å². The second-order valence-corrected chi connectivity index (χ2v) is 4.91. The molecule has 0 aromatic carbocycles. The van der Waals surface area contributed by atoms with E-state index in [1.54, 1.807) is 0 Å². The molecule has 1 unspecified atom stereocenters. The molecule has 1 aliphatic heterocycles. The van der Waals surface area contributed by atoms with Gasteiger partial charge in [0.2, 0.25) is 5.91 Å². The lowest BCUT2D eigenvalue weighted by atomic mass is 10.0. The van der Waals surface area contributed by atoms with Gasteiger partial charge in [-0.15, -0.1) is 0 Å². The van der Waals surface area contributed by atoms with Crippen LogP contribution in [0.3, 0.4) is 0 Å². The molecule has 2 amide bonds. The van der Waals surface area contributed by atoms with E-state index in [-0.39, 0.29) is 32.0 Å². The third kappa shape index (κ3) is 4.55. The van der Waals surface area contributed by atoms with Crippen molar-refractivity contribution in [2.45, 2.75) is 44.1 Å². The molecular weight excluding hydrogens is 294 g/mol. The minimum Gasteiger partial charge on any atom is -0.354 e. The van der Waals surface area contributed by atoms with Crippen molar-refractivity contribution in [2.75, 3.05) is 19.6 Å². The third-order valence-electron chi connectivity index (χ3n) is 3.35. The molecule has 0 spiro atoms. The van der Waals surface area contributed by atoms with E-state index in [4.69, 9.17) is 5.73 Å². The quantitative estimate of drug-likeness (QED) is 0.710. The Kier molecular flexibility index (Phi) is 6.38. The van der Waals surface area contributed by atoms with E-state index in [0.29, 0.717) is 19.3 Å². The maximum absolute atomic E-state index is 13.2. The summed E-state index contributed by atoms with van der Waals surface area (Å²) in [5, 5.41) is 2.47. The fourth-order valence-corrected chi connectivity index (χ4v) is 2.22. The highest BCUT2D eigenvalue weighted by atomic mass is 19.3. The van der Waals surface area contributed by atoms with Crippen LogP contribution in [0.1, 0.15) is 25.7 Å². The molecule has 9 heteroatoms. The minimum absolute atomic E-state index is 0.0153. The number of alkyl halides is 4. The number of nitrogens with one attached hydrogen (secondary N) is 1. The molecule has 0 aliphatic carbocycles. The van der Waals surface area contributed by atoms with E-state index in [2.05, 4.69) is 5.32 Å². The van der Waals surface area contributed by atoms with E-state index in [9.17, 15) is 27.2 Å². The number of hydrogen-bond acceptors (Lipinski definition) is 3. The van der Waals surface area contributed by atoms with Crippen LogP contribution >= 0.6 is 0 Å². The van der Waals surface area contributed by atoms with Crippen LogP contribution in [0.2, 0.25) is 0 Å². The molecule has 0 aromatic heterocycles. The summed E-state index contributed by atoms with van der Waals surface area (Å²) in [5.74, 6) is -6.94. The van der Waals surface area contributed by atoms with Crippen molar-refractivity contribution in [3.05, 3.63) is 0 Å². The number of piperidine rings is 1. The van der Waals surface area contributed by atoms with Crippen molar-refractivity contribution in [3.8, 4) is 0 Å². The van der Waals surface area contributed by atoms with E-state index in [0.717, 1.165) is 4.90 Å². The molecule has 1 fully saturated rings. The summed E-state index contributed by atoms with van der Waals surface area (Å²) in [4.78, 5) is 23.7. The lowest BCUT2D eigenvalue weighted by Crippen LogP contribution is -2.56. The lowest BCUT2D eigenvalue weighted by Gasteiger charge is -2.37. The predicted octanol–water partition coefficient (Wildman–Crippen LogP) is 0.733. The Morgan fingerprint density at radius 3 is 2.57 bits per heavy atom. The maximum atomic E-state index is 13.2. The van der Waals surface area contributed by atoms with Crippen LogP contribution in [-0.2, 0) is 9.59 Å². The Hall–Kier alpha value is -1.38. The van der Waals surface area contributed by atoms with Gasteiger partial charge in [0, 0.05) is 32.1 Å². The Balaban J connectivity index is 2.69. The SMILES string of the molecule is NCCC(=O)NCC1CCCCN1C(=O)C(F)(F)C(F)F. The summed E-state index contributed by atoms with van der Waals surface area (Å²) in [7, 11) is 0. The van der Waals surface area contributed by atoms with Gasteiger partial charge in [-0.2, -0.15) is 8.78 Å². The van der Waals surface area contributed by atoms with Gasteiger partial charge in [0.05, 0.1) is 0 Å². The summed E-state index contributed by atoms with van der Waals surface area (Å²) in [5.41, 5.74) is 5.20. The van der Waals surface area contributed by atoms with Gasteiger partial charge in [0.15, 0.2) is 0 Å². The largest absolute Gasteiger partial charge is 0.383 e. The van der Waals surface area contributed by atoms with Gasteiger partial charge in [0.1, 0.15) is 0 Å². The highest BCUT2D eigenvalue weighted by Crippen LogP contribution is 2.28. The van der Waals surface area contributed by atoms with Crippen molar-refractivity contribution >= 4 is 11.8 Å². The number of amides is 2. The van der Waals surface area contributed by atoms with Crippen LogP contribution in [0.4, 0.5) is 17.6 Å². The van der Waals surface area contributed by atoms with Gasteiger partial charge in [-0.1, -0.05) is 0 Å². The van der Waals surface area contributed by atoms with E-state index < -0.39 is 24.3 Å². The van der Waals surface area contributed by atoms with Gasteiger partial charge >= 0.3 is 12.3 Å². The third-order valence-corrected chi connectivity index (χ3v) is 3.35. The molecule has 1 aliphatic rings. The van der Waals surface area contributed by atoms with Gasteiger partial charge in [-0.25, -0.2) is 8.78 Å². The summed E-state index contributed by atoms with van der Waals surface area (Å²) >= 11 is 0. The number of carbonyl (C=O) groups is 2. The van der Waals surface area contributed by atoms with Gasteiger partial charge < -0.3 is 16.0 Å². The number of halogens is 4. The summed E-state index contributed by atoms with van der Waals surface area (Å²) in [6.45, 7) is 0.0884. The molecular formula is C12H19F4N3O2. The van der Waals surface area contributed by atoms with Gasteiger partial charge in [-0.3, -0.25) is 9.59 Å². The number of carbonyl (C=O) groups excluding carboxylic acids is 2. The van der Waals surface area contributed by atoms with Crippen LogP contribution in [-0.4, -0.2) is 54.7 Å². The number of likely N-dealkylation sites (tertiary alicyclic amines) is 1. The number of nitrogens with zero attached hydrogens (tertiary/aromatic N) is 1. The van der Waals surface area contributed by atoms with Crippen LogP contribution < -0.4 is 11.1 Å². The topological polar surface area (TPSA) is 75.4 Å². The summed E-state index contributed by atoms with van der Waals surface area (Å²) in [6, 6.07) is -0.697. The maximum Gasteiger partial charge on any atom is 0.383 e. The first-order chi connectivity index (χ1) is 9.80.